The Bertz CT molecular complexity index is 1110. The van der Waals surface area contributed by atoms with Crippen LogP contribution in [0.3, 0.4) is 0 Å². The number of thioether (sulfide) groups is 1. The van der Waals surface area contributed by atoms with E-state index in [2.05, 4.69) is 29.0 Å². The first kappa shape index (κ1) is 21.1. The number of anilines is 1. The van der Waals surface area contributed by atoms with Crippen LogP contribution in [0.25, 0.3) is 11.3 Å². The van der Waals surface area contributed by atoms with Gasteiger partial charge < -0.3 is 9.47 Å². The van der Waals surface area contributed by atoms with Gasteiger partial charge in [-0.3, -0.25) is 9.69 Å². The number of ether oxygens (including phenoxy) is 2. The molecule has 2 aromatic carbocycles. The summed E-state index contributed by atoms with van der Waals surface area (Å²) in [6.07, 6.45) is -0.768. The van der Waals surface area contributed by atoms with Crippen molar-refractivity contribution in [1.82, 2.24) is 15.2 Å². The Morgan fingerprint density at radius 2 is 1.90 bits per heavy atom. The van der Waals surface area contributed by atoms with Gasteiger partial charge in [-0.05, 0) is 24.1 Å². The summed E-state index contributed by atoms with van der Waals surface area (Å²) >= 11 is 1.53. The Kier molecular flexibility index (Phi) is 6.08. The molecule has 8 heteroatoms. The first-order valence-electron chi connectivity index (χ1n) is 10.1. The smallest absolute Gasteiger partial charge is 0.247 e. The van der Waals surface area contributed by atoms with Crippen LogP contribution in [0.5, 0.6) is 11.6 Å². The van der Waals surface area contributed by atoms with E-state index in [1.165, 1.54) is 18.7 Å². The number of aromatic nitrogens is 3. The van der Waals surface area contributed by atoms with Gasteiger partial charge in [0.25, 0.3) is 0 Å². The third-order valence-electron chi connectivity index (χ3n) is 4.80. The lowest BCUT2D eigenvalue weighted by atomic mass is 10.1. The van der Waals surface area contributed by atoms with Crippen molar-refractivity contribution in [1.29, 1.82) is 0 Å². The number of carbonyl (C=O) groups excluding carboxylic acids is 1. The molecule has 1 unspecified atom stereocenters. The second-order valence-corrected chi connectivity index (χ2v) is 8.56. The molecule has 31 heavy (non-hydrogen) atoms. The fraction of sp³-hybridized carbons (Fsp3) is 0.304. The highest BCUT2D eigenvalue weighted by molar-refractivity contribution is 7.99. The number of carbonyl (C=O) groups is 1. The van der Waals surface area contributed by atoms with Gasteiger partial charge in [0, 0.05) is 18.2 Å². The van der Waals surface area contributed by atoms with Crippen molar-refractivity contribution < 1.29 is 14.3 Å². The Hall–Kier alpha value is -3.13. The Labute approximate surface area is 185 Å². The molecule has 160 valence electrons. The van der Waals surface area contributed by atoms with E-state index in [0.29, 0.717) is 34.1 Å². The summed E-state index contributed by atoms with van der Waals surface area (Å²) in [6, 6.07) is 15.0. The van der Waals surface area contributed by atoms with Crippen LogP contribution in [-0.2, 0) is 4.79 Å². The molecule has 2 heterocycles. The molecule has 0 radical (unpaired) electrons. The molecule has 0 bridgehead atoms. The van der Waals surface area contributed by atoms with Crippen molar-refractivity contribution in [3.8, 4) is 22.9 Å². The zero-order valence-electron chi connectivity index (χ0n) is 17.9. The Morgan fingerprint density at radius 3 is 2.65 bits per heavy atom. The molecule has 0 spiro atoms. The van der Waals surface area contributed by atoms with E-state index in [0.717, 1.165) is 16.9 Å². The minimum atomic E-state index is -0.768. The highest BCUT2D eigenvalue weighted by atomic mass is 32.2. The van der Waals surface area contributed by atoms with E-state index in [9.17, 15) is 4.79 Å². The van der Waals surface area contributed by atoms with Crippen LogP contribution in [0, 0.1) is 5.92 Å². The van der Waals surface area contributed by atoms with Gasteiger partial charge in [0.1, 0.15) is 5.75 Å². The molecule has 0 saturated heterocycles. The van der Waals surface area contributed by atoms with Crippen molar-refractivity contribution in [3.63, 3.8) is 0 Å². The van der Waals surface area contributed by atoms with E-state index in [1.54, 1.807) is 12.0 Å². The van der Waals surface area contributed by atoms with Gasteiger partial charge in [-0.15, -0.1) is 10.2 Å². The lowest BCUT2D eigenvalue weighted by Gasteiger charge is -2.30. The monoisotopic (exact) mass is 436 g/mol. The van der Waals surface area contributed by atoms with Crippen LogP contribution in [0.1, 0.15) is 32.6 Å². The average molecular weight is 437 g/mol. The maximum Gasteiger partial charge on any atom is 0.247 e. The number of para-hydroxylation sites is 2. The fourth-order valence-corrected chi connectivity index (χ4v) is 4.16. The van der Waals surface area contributed by atoms with Crippen LogP contribution in [0.2, 0.25) is 0 Å². The molecule has 0 N–H and O–H groups in total. The highest BCUT2D eigenvalue weighted by Gasteiger charge is 2.35. The summed E-state index contributed by atoms with van der Waals surface area (Å²) in [7, 11) is 1.60. The number of hydrogen-bond donors (Lipinski definition) is 0. The first-order chi connectivity index (χ1) is 15.0. The third-order valence-corrected chi connectivity index (χ3v) is 6.07. The molecular formula is C23H24N4O3S. The second kappa shape index (κ2) is 8.93. The quantitative estimate of drug-likeness (QED) is 0.535. The predicted octanol–water partition coefficient (Wildman–Crippen LogP) is 4.74. The van der Waals surface area contributed by atoms with Gasteiger partial charge in [-0.2, -0.15) is 4.98 Å². The van der Waals surface area contributed by atoms with E-state index < -0.39 is 6.23 Å². The van der Waals surface area contributed by atoms with E-state index in [4.69, 9.17) is 9.47 Å². The largest absolute Gasteiger partial charge is 0.496 e. The lowest BCUT2D eigenvalue weighted by molar-refractivity contribution is -0.118. The lowest BCUT2D eigenvalue weighted by Crippen LogP contribution is -2.36. The van der Waals surface area contributed by atoms with Crippen molar-refractivity contribution in [2.24, 2.45) is 5.92 Å². The summed E-state index contributed by atoms with van der Waals surface area (Å²) in [5.74, 6) is 2.15. The topological polar surface area (TPSA) is 77.4 Å². The zero-order chi connectivity index (χ0) is 22.0. The Morgan fingerprint density at radius 1 is 1.16 bits per heavy atom. The highest BCUT2D eigenvalue weighted by Crippen LogP contribution is 2.44. The van der Waals surface area contributed by atoms with Crippen LogP contribution in [0.4, 0.5) is 5.69 Å². The third kappa shape index (κ3) is 4.20. The average Bonchev–Trinajstić information content (AvgIpc) is 2.91. The molecule has 3 aromatic rings. The molecule has 1 aromatic heterocycles. The van der Waals surface area contributed by atoms with E-state index in [1.807, 2.05) is 48.5 Å². The van der Waals surface area contributed by atoms with Gasteiger partial charge in [0.15, 0.2) is 5.69 Å². The molecule has 7 nitrogen and oxygen atoms in total. The SMILES string of the molecule is COc1ccccc1C1Oc2nc(SCC(C)C)nnc2-c2ccccc2N1C(C)=O. The number of methoxy groups -OCH3 is 1. The number of rotatable bonds is 5. The molecule has 4 rings (SSSR count). The van der Waals surface area contributed by atoms with Crippen LogP contribution >= 0.6 is 11.8 Å². The standard InChI is InChI=1S/C23H24N4O3S/c1-14(2)13-31-23-24-21-20(25-26-23)16-9-5-7-11-18(16)27(15(3)28)22(30-21)17-10-6-8-12-19(17)29-4/h5-12,14,22H,13H2,1-4H3. The van der Waals surface area contributed by atoms with Crippen LogP contribution in [-0.4, -0.2) is 34.0 Å². The van der Waals surface area contributed by atoms with Crippen LogP contribution in [0.15, 0.2) is 53.7 Å². The van der Waals surface area contributed by atoms with Gasteiger partial charge in [-0.1, -0.05) is 55.9 Å². The number of hydrogen-bond acceptors (Lipinski definition) is 7. The van der Waals surface area contributed by atoms with Crippen molar-refractivity contribution in [2.45, 2.75) is 32.2 Å². The molecule has 0 saturated carbocycles. The molecule has 1 aliphatic rings. The number of amides is 1. The van der Waals surface area contributed by atoms with E-state index in [-0.39, 0.29) is 5.91 Å². The van der Waals surface area contributed by atoms with Gasteiger partial charge in [-0.25, -0.2) is 0 Å². The molecule has 1 atom stereocenters. The van der Waals surface area contributed by atoms with Gasteiger partial charge >= 0.3 is 0 Å². The number of fused-ring (bicyclic) bond motifs is 3. The fourth-order valence-electron chi connectivity index (χ4n) is 3.43. The van der Waals surface area contributed by atoms with Crippen LogP contribution < -0.4 is 14.4 Å². The second-order valence-electron chi connectivity index (χ2n) is 7.57. The van der Waals surface area contributed by atoms with Crippen molar-refractivity contribution in [3.05, 3.63) is 54.1 Å². The Balaban J connectivity index is 1.90. The van der Waals surface area contributed by atoms with Gasteiger partial charge in [0.05, 0.1) is 18.4 Å². The molecule has 1 aliphatic heterocycles. The van der Waals surface area contributed by atoms with Gasteiger partial charge in [0.2, 0.25) is 23.2 Å². The predicted molar refractivity (Wildman–Crippen MR) is 120 cm³/mol. The number of benzene rings is 2. The van der Waals surface area contributed by atoms with E-state index >= 15 is 0 Å². The van der Waals surface area contributed by atoms with Crippen molar-refractivity contribution >= 4 is 23.4 Å². The molecular weight excluding hydrogens is 412 g/mol. The maximum atomic E-state index is 12.8. The molecule has 0 aliphatic carbocycles. The summed E-state index contributed by atoms with van der Waals surface area (Å²) in [4.78, 5) is 19.1. The zero-order valence-corrected chi connectivity index (χ0v) is 18.7. The summed E-state index contributed by atoms with van der Waals surface area (Å²) in [5.41, 5.74) is 2.65. The summed E-state index contributed by atoms with van der Waals surface area (Å²) in [5, 5.41) is 9.28. The summed E-state index contributed by atoms with van der Waals surface area (Å²) in [6.45, 7) is 5.79. The molecule has 0 fully saturated rings. The minimum Gasteiger partial charge on any atom is -0.496 e. The molecule has 1 amide bonds. The van der Waals surface area contributed by atoms with Crippen molar-refractivity contribution in [2.75, 3.05) is 17.8 Å². The normalized spacial score (nSPS) is 15.0. The summed E-state index contributed by atoms with van der Waals surface area (Å²) < 4.78 is 11.9. The number of nitrogens with zero attached hydrogens (tertiary/aromatic N) is 4. The first-order valence-corrected chi connectivity index (χ1v) is 11.0. The minimum absolute atomic E-state index is 0.168. The maximum absolute atomic E-state index is 12.8.